The first kappa shape index (κ1) is 19.6. The summed E-state index contributed by atoms with van der Waals surface area (Å²) in [6.07, 6.45) is 0. The molecule has 0 unspecified atom stereocenters. The van der Waals surface area contributed by atoms with E-state index in [1.54, 1.807) is 50.5 Å². The van der Waals surface area contributed by atoms with Gasteiger partial charge in [0, 0.05) is 44.7 Å². The molecule has 7 nitrogen and oxygen atoms in total. The van der Waals surface area contributed by atoms with Crippen LogP contribution in [0.1, 0.15) is 12.5 Å². The number of hydrogen-bond acceptors (Lipinski definition) is 5. The minimum atomic E-state index is -0.301. The van der Waals surface area contributed by atoms with Gasteiger partial charge in [0.25, 0.3) is 0 Å². The molecule has 0 atom stereocenters. The van der Waals surface area contributed by atoms with Crippen molar-refractivity contribution >= 4 is 17.4 Å². The molecule has 0 aliphatic carbocycles. The number of nitrogens with zero attached hydrogens (tertiary/aromatic N) is 1. The lowest BCUT2D eigenvalue weighted by atomic mass is 10.2. The van der Waals surface area contributed by atoms with Gasteiger partial charge in [-0.25, -0.2) is 9.80 Å². The maximum atomic E-state index is 11.7. The van der Waals surface area contributed by atoms with Gasteiger partial charge in [0.1, 0.15) is 11.5 Å². The highest BCUT2D eigenvalue weighted by molar-refractivity contribution is 5.88. The number of nitrogens with one attached hydrogen (secondary N) is 3. The van der Waals surface area contributed by atoms with Crippen molar-refractivity contribution in [1.82, 2.24) is 10.4 Å². The molecule has 0 heterocycles. The van der Waals surface area contributed by atoms with Gasteiger partial charge in [-0.05, 0) is 49.4 Å². The standard InChI is InChI=1S/C19H26N4O3/c1-5-20-16-8-11-18(14(12-16)13-25-4)26-17-9-6-15(7-10-17)21-19(24)22-23(2)3/h6-12,20H,5,13H2,1-4H3,(H2,21,22,24). The van der Waals surface area contributed by atoms with Gasteiger partial charge >= 0.3 is 6.03 Å². The van der Waals surface area contributed by atoms with Crippen LogP contribution in [0.15, 0.2) is 42.5 Å². The molecule has 0 aliphatic heterocycles. The van der Waals surface area contributed by atoms with E-state index in [0.717, 1.165) is 23.5 Å². The molecule has 0 fully saturated rings. The molecule has 0 radical (unpaired) electrons. The van der Waals surface area contributed by atoms with Crippen molar-refractivity contribution in [2.75, 3.05) is 38.4 Å². The molecule has 0 saturated carbocycles. The second-order valence-corrected chi connectivity index (χ2v) is 5.87. The Balaban J connectivity index is 2.07. The predicted octanol–water partition coefficient (Wildman–Crippen LogP) is 3.66. The Morgan fingerprint density at radius 3 is 2.38 bits per heavy atom. The third-order valence-electron chi connectivity index (χ3n) is 3.41. The zero-order chi connectivity index (χ0) is 18.9. The van der Waals surface area contributed by atoms with Gasteiger partial charge in [-0.15, -0.1) is 0 Å². The van der Waals surface area contributed by atoms with Gasteiger partial charge in [-0.2, -0.15) is 0 Å². The molecule has 3 N–H and O–H groups in total. The summed E-state index contributed by atoms with van der Waals surface area (Å²) in [6, 6.07) is 12.8. The number of benzene rings is 2. The smallest absolute Gasteiger partial charge is 0.333 e. The first-order valence-corrected chi connectivity index (χ1v) is 8.40. The van der Waals surface area contributed by atoms with Crippen LogP contribution in [-0.4, -0.2) is 38.8 Å². The highest BCUT2D eigenvalue weighted by Gasteiger charge is 2.08. The number of anilines is 2. The fourth-order valence-corrected chi connectivity index (χ4v) is 2.36. The molecule has 140 valence electrons. The zero-order valence-electron chi connectivity index (χ0n) is 15.6. The van der Waals surface area contributed by atoms with E-state index in [-0.39, 0.29) is 6.03 Å². The van der Waals surface area contributed by atoms with Crippen molar-refractivity contribution in [1.29, 1.82) is 0 Å². The Hall–Kier alpha value is -2.77. The SMILES string of the molecule is CCNc1ccc(Oc2ccc(NC(=O)NN(C)C)cc2)c(COC)c1. The Morgan fingerprint density at radius 1 is 1.08 bits per heavy atom. The number of hydrogen-bond donors (Lipinski definition) is 3. The van der Waals surface area contributed by atoms with E-state index in [1.165, 1.54) is 0 Å². The van der Waals surface area contributed by atoms with Gasteiger partial charge in [-0.3, -0.25) is 5.43 Å². The van der Waals surface area contributed by atoms with Gasteiger partial charge in [-0.1, -0.05) is 0 Å². The van der Waals surface area contributed by atoms with Crippen molar-refractivity contribution in [3.05, 3.63) is 48.0 Å². The average molecular weight is 358 g/mol. The Kier molecular flexibility index (Phi) is 7.25. The van der Waals surface area contributed by atoms with Gasteiger partial charge < -0.3 is 20.1 Å². The monoisotopic (exact) mass is 358 g/mol. The van der Waals surface area contributed by atoms with Crippen LogP contribution < -0.4 is 20.8 Å². The first-order chi connectivity index (χ1) is 12.5. The maximum absolute atomic E-state index is 11.7. The van der Waals surface area contributed by atoms with E-state index in [9.17, 15) is 4.79 Å². The lowest BCUT2D eigenvalue weighted by Gasteiger charge is -2.14. The van der Waals surface area contributed by atoms with Gasteiger partial charge in [0.05, 0.1) is 6.61 Å². The highest BCUT2D eigenvalue weighted by Crippen LogP contribution is 2.29. The van der Waals surface area contributed by atoms with E-state index < -0.39 is 0 Å². The fourth-order valence-electron chi connectivity index (χ4n) is 2.36. The number of carbonyl (C=O) groups excluding carboxylic acids is 1. The summed E-state index contributed by atoms with van der Waals surface area (Å²) in [5.74, 6) is 1.41. The molecule has 2 aromatic rings. The van der Waals surface area contributed by atoms with Crippen LogP contribution >= 0.6 is 0 Å². The molecule has 7 heteroatoms. The van der Waals surface area contributed by atoms with Crippen molar-refractivity contribution < 1.29 is 14.3 Å². The summed E-state index contributed by atoms with van der Waals surface area (Å²) < 4.78 is 11.2. The number of methoxy groups -OCH3 is 1. The number of rotatable bonds is 8. The summed E-state index contributed by atoms with van der Waals surface area (Å²) >= 11 is 0. The molecule has 2 aromatic carbocycles. The fraction of sp³-hybridized carbons (Fsp3) is 0.316. The Labute approximate surface area is 154 Å². The van der Waals surface area contributed by atoms with Crippen LogP contribution in [0, 0.1) is 0 Å². The molecule has 0 bridgehead atoms. The van der Waals surface area contributed by atoms with Crippen LogP contribution in [-0.2, 0) is 11.3 Å². The summed E-state index contributed by atoms with van der Waals surface area (Å²) in [6.45, 7) is 3.36. The largest absolute Gasteiger partial charge is 0.457 e. The third kappa shape index (κ3) is 5.94. The van der Waals surface area contributed by atoms with Crippen molar-refractivity contribution in [3.8, 4) is 11.5 Å². The van der Waals surface area contributed by atoms with Gasteiger partial charge in [0.15, 0.2) is 0 Å². The number of amides is 2. The minimum Gasteiger partial charge on any atom is -0.457 e. The topological polar surface area (TPSA) is 74.9 Å². The molecule has 26 heavy (non-hydrogen) atoms. The van der Waals surface area contributed by atoms with Crippen molar-refractivity contribution in [2.24, 2.45) is 0 Å². The molecule has 2 amide bonds. The minimum absolute atomic E-state index is 0.301. The highest BCUT2D eigenvalue weighted by atomic mass is 16.5. The molecule has 0 aliphatic rings. The van der Waals surface area contributed by atoms with Crippen molar-refractivity contribution in [2.45, 2.75) is 13.5 Å². The quantitative estimate of drug-likeness (QED) is 0.628. The molecule has 0 saturated heterocycles. The second kappa shape index (κ2) is 9.65. The summed E-state index contributed by atoms with van der Waals surface area (Å²) in [7, 11) is 5.15. The van der Waals surface area contributed by atoms with Crippen LogP contribution in [0.4, 0.5) is 16.2 Å². The Morgan fingerprint density at radius 2 is 1.77 bits per heavy atom. The number of hydrazine groups is 1. The third-order valence-corrected chi connectivity index (χ3v) is 3.41. The molecular weight excluding hydrogens is 332 g/mol. The summed E-state index contributed by atoms with van der Waals surface area (Å²) in [4.78, 5) is 11.7. The molecular formula is C19H26N4O3. The summed E-state index contributed by atoms with van der Waals surface area (Å²) in [5, 5.41) is 7.59. The van der Waals surface area contributed by atoms with E-state index in [0.29, 0.717) is 18.0 Å². The van der Waals surface area contributed by atoms with E-state index in [2.05, 4.69) is 23.0 Å². The number of carbonyl (C=O) groups is 1. The average Bonchev–Trinajstić information content (AvgIpc) is 2.58. The molecule has 0 aromatic heterocycles. The van der Waals surface area contributed by atoms with E-state index in [1.807, 2.05) is 18.2 Å². The van der Waals surface area contributed by atoms with E-state index >= 15 is 0 Å². The summed E-state index contributed by atoms with van der Waals surface area (Å²) in [5.41, 5.74) is 5.28. The van der Waals surface area contributed by atoms with Crippen LogP contribution in [0.25, 0.3) is 0 Å². The van der Waals surface area contributed by atoms with Gasteiger partial charge in [0.2, 0.25) is 0 Å². The second-order valence-electron chi connectivity index (χ2n) is 5.87. The molecule has 2 rings (SSSR count). The predicted molar refractivity (Wildman–Crippen MR) is 104 cm³/mol. The van der Waals surface area contributed by atoms with Crippen LogP contribution in [0.5, 0.6) is 11.5 Å². The van der Waals surface area contributed by atoms with E-state index in [4.69, 9.17) is 9.47 Å². The van der Waals surface area contributed by atoms with Crippen LogP contribution in [0.2, 0.25) is 0 Å². The normalized spacial score (nSPS) is 10.5. The lowest BCUT2D eigenvalue weighted by Crippen LogP contribution is -2.39. The number of ether oxygens (including phenoxy) is 2. The first-order valence-electron chi connectivity index (χ1n) is 8.40. The van der Waals surface area contributed by atoms with Crippen molar-refractivity contribution in [3.63, 3.8) is 0 Å². The molecule has 0 spiro atoms. The zero-order valence-corrected chi connectivity index (χ0v) is 15.6. The maximum Gasteiger partial charge on any atom is 0.333 e. The Bertz CT molecular complexity index is 717. The number of urea groups is 1. The lowest BCUT2D eigenvalue weighted by molar-refractivity contribution is 0.182. The van der Waals surface area contributed by atoms with Crippen LogP contribution in [0.3, 0.4) is 0 Å².